The maximum Gasteiger partial charge on any atom is 0.211 e. The molecule has 0 radical (unpaired) electrons. The van der Waals surface area contributed by atoms with Crippen LogP contribution in [0.15, 0.2) is 24.3 Å². The van der Waals surface area contributed by atoms with Crippen molar-refractivity contribution in [3.8, 4) is 0 Å². The molecule has 19 heavy (non-hydrogen) atoms. The van der Waals surface area contributed by atoms with Gasteiger partial charge in [-0.25, -0.2) is 8.42 Å². The van der Waals surface area contributed by atoms with Crippen molar-refractivity contribution in [2.45, 2.75) is 0 Å². The van der Waals surface area contributed by atoms with Crippen LogP contribution in [0.5, 0.6) is 0 Å². The number of nitrogen functional groups attached to an aromatic ring is 1. The number of para-hydroxylation sites is 1. The third-order valence-corrected chi connectivity index (χ3v) is 4.55. The molecule has 0 saturated carbocycles. The molecule has 104 valence electrons. The van der Waals surface area contributed by atoms with Crippen molar-refractivity contribution < 1.29 is 8.42 Å². The molecule has 3 N–H and O–H groups in total. The van der Waals surface area contributed by atoms with Crippen molar-refractivity contribution in [3.05, 3.63) is 29.8 Å². The van der Waals surface area contributed by atoms with Gasteiger partial charge in [-0.15, -0.1) is 0 Å². The second kappa shape index (κ2) is 5.18. The van der Waals surface area contributed by atoms with Crippen LogP contribution in [0.1, 0.15) is 5.56 Å². The molecule has 1 heterocycles. The van der Waals surface area contributed by atoms with Gasteiger partial charge < -0.3 is 10.6 Å². The minimum Gasteiger partial charge on any atom is -0.384 e. The summed E-state index contributed by atoms with van der Waals surface area (Å²) in [6, 6.07) is 7.45. The zero-order valence-corrected chi connectivity index (χ0v) is 11.7. The van der Waals surface area contributed by atoms with E-state index < -0.39 is 10.0 Å². The first kappa shape index (κ1) is 13.8. The third kappa shape index (κ3) is 3.05. The van der Waals surface area contributed by atoms with Crippen molar-refractivity contribution in [1.82, 2.24) is 4.31 Å². The summed E-state index contributed by atoms with van der Waals surface area (Å²) in [7, 11) is -3.12. The molecule has 6 nitrogen and oxygen atoms in total. The summed E-state index contributed by atoms with van der Waals surface area (Å²) < 4.78 is 24.4. The molecule has 0 amide bonds. The Morgan fingerprint density at radius 1 is 1.21 bits per heavy atom. The number of benzene rings is 1. The monoisotopic (exact) mass is 282 g/mol. The van der Waals surface area contributed by atoms with E-state index in [-0.39, 0.29) is 5.84 Å². The minimum absolute atomic E-state index is 0.0288. The maximum atomic E-state index is 11.5. The Kier molecular flexibility index (Phi) is 3.77. The smallest absolute Gasteiger partial charge is 0.211 e. The standard InChI is InChI=1S/C12H18N4O2S/c1-19(17,18)16-8-6-15(7-9-16)11-5-3-2-4-10(11)12(13)14/h2-5H,6-9H2,1H3,(H3,13,14). The van der Waals surface area contributed by atoms with Crippen LogP contribution >= 0.6 is 0 Å². The van der Waals surface area contributed by atoms with E-state index in [1.54, 1.807) is 6.07 Å². The number of nitrogens with one attached hydrogen (secondary N) is 1. The molecule has 0 unspecified atom stereocenters. The number of nitrogens with zero attached hydrogens (tertiary/aromatic N) is 2. The number of anilines is 1. The summed E-state index contributed by atoms with van der Waals surface area (Å²) in [5.41, 5.74) is 7.15. The van der Waals surface area contributed by atoms with Gasteiger partial charge in [-0.2, -0.15) is 4.31 Å². The predicted octanol–water partition coefficient (Wildman–Crippen LogP) is 0.0523. The Hall–Kier alpha value is -1.60. The second-order valence-electron chi connectivity index (χ2n) is 4.58. The topological polar surface area (TPSA) is 90.5 Å². The molecule has 2 rings (SSSR count). The van der Waals surface area contributed by atoms with Crippen molar-refractivity contribution in [1.29, 1.82) is 5.41 Å². The number of rotatable bonds is 3. The van der Waals surface area contributed by atoms with E-state index in [2.05, 4.69) is 4.90 Å². The van der Waals surface area contributed by atoms with Gasteiger partial charge in [0.1, 0.15) is 5.84 Å². The van der Waals surface area contributed by atoms with E-state index in [1.807, 2.05) is 18.2 Å². The zero-order chi connectivity index (χ0) is 14.0. The fraction of sp³-hybridized carbons (Fsp3) is 0.417. The van der Waals surface area contributed by atoms with Crippen LogP contribution in [0.3, 0.4) is 0 Å². The van der Waals surface area contributed by atoms with Crippen LogP contribution < -0.4 is 10.6 Å². The van der Waals surface area contributed by atoms with Crippen molar-refractivity contribution in [2.24, 2.45) is 5.73 Å². The van der Waals surface area contributed by atoms with Crippen LogP contribution in [0, 0.1) is 5.41 Å². The fourth-order valence-electron chi connectivity index (χ4n) is 2.24. The van der Waals surface area contributed by atoms with Gasteiger partial charge in [-0.1, -0.05) is 12.1 Å². The molecule has 1 aliphatic rings. The molecule has 1 aromatic carbocycles. The average Bonchev–Trinajstić information content (AvgIpc) is 2.38. The van der Waals surface area contributed by atoms with Gasteiger partial charge in [0.15, 0.2) is 0 Å². The highest BCUT2D eigenvalue weighted by Crippen LogP contribution is 2.21. The summed E-state index contributed by atoms with van der Waals surface area (Å²) in [6.45, 7) is 2.14. The highest BCUT2D eigenvalue weighted by Gasteiger charge is 2.24. The number of hydrogen-bond donors (Lipinski definition) is 2. The molecule has 1 saturated heterocycles. The summed E-state index contributed by atoms with van der Waals surface area (Å²) in [4.78, 5) is 2.07. The first-order valence-electron chi connectivity index (χ1n) is 6.03. The number of hydrogen-bond acceptors (Lipinski definition) is 4. The van der Waals surface area contributed by atoms with E-state index in [9.17, 15) is 8.42 Å². The number of amidine groups is 1. The van der Waals surface area contributed by atoms with Crippen LogP contribution in [-0.2, 0) is 10.0 Å². The Morgan fingerprint density at radius 2 is 1.79 bits per heavy atom. The molecule has 0 atom stereocenters. The molecule has 0 spiro atoms. The molecule has 0 bridgehead atoms. The predicted molar refractivity (Wildman–Crippen MR) is 76.1 cm³/mol. The van der Waals surface area contributed by atoms with Gasteiger partial charge in [0.25, 0.3) is 0 Å². The maximum absolute atomic E-state index is 11.5. The van der Waals surface area contributed by atoms with E-state index in [4.69, 9.17) is 11.1 Å². The summed E-state index contributed by atoms with van der Waals surface area (Å²) in [6.07, 6.45) is 1.23. The lowest BCUT2D eigenvalue weighted by atomic mass is 10.1. The molecule has 1 fully saturated rings. The van der Waals surface area contributed by atoms with Gasteiger partial charge >= 0.3 is 0 Å². The molecule has 0 aromatic heterocycles. The fourth-order valence-corrected chi connectivity index (χ4v) is 3.06. The number of piperazine rings is 1. The quantitative estimate of drug-likeness (QED) is 0.605. The number of nitrogens with two attached hydrogens (primary N) is 1. The van der Waals surface area contributed by atoms with Gasteiger partial charge in [-0.3, -0.25) is 5.41 Å². The Balaban J connectivity index is 2.16. The summed E-state index contributed by atoms with van der Waals surface area (Å²) in [5.74, 6) is 0.0288. The van der Waals surface area contributed by atoms with Crippen LogP contribution in [-0.4, -0.2) is 51.0 Å². The third-order valence-electron chi connectivity index (χ3n) is 3.24. The largest absolute Gasteiger partial charge is 0.384 e. The van der Waals surface area contributed by atoms with Gasteiger partial charge in [0.2, 0.25) is 10.0 Å². The first-order chi connectivity index (χ1) is 8.89. The molecular weight excluding hydrogens is 264 g/mol. The lowest BCUT2D eigenvalue weighted by Gasteiger charge is -2.35. The van der Waals surface area contributed by atoms with Crippen molar-refractivity contribution >= 4 is 21.5 Å². The minimum atomic E-state index is -3.12. The Morgan fingerprint density at radius 3 is 2.32 bits per heavy atom. The first-order valence-corrected chi connectivity index (χ1v) is 7.88. The zero-order valence-electron chi connectivity index (χ0n) is 10.8. The molecule has 1 aromatic rings. The lowest BCUT2D eigenvalue weighted by Crippen LogP contribution is -2.48. The van der Waals surface area contributed by atoms with E-state index >= 15 is 0 Å². The summed E-state index contributed by atoms with van der Waals surface area (Å²) >= 11 is 0. The van der Waals surface area contributed by atoms with Gasteiger partial charge in [0, 0.05) is 37.4 Å². The highest BCUT2D eigenvalue weighted by atomic mass is 32.2. The van der Waals surface area contributed by atoms with Crippen LogP contribution in [0.25, 0.3) is 0 Å². The molecule has 0 aliphatic carbocycles. The molecular formula is C12H18N4O2S. The van der Waals surface area contributed by atoms with Crippen molar-refractivity contribution in [3.63, 3.8) is 0 Å². The van der Waals surface area contributed by atoms with E-state index in [0.717, 1.165) is 5.69 Å². The second-order valence-corrected chi connectivity index (χ2v) is 6.56. The van der Waals surface area contributed by atoms with Crippen LogP contribution in [0.2, 0.25) is 0 Å². The normalized spacial score (nSPS) is 17.4. The van der Waals surface area contributed by atoms with Crippen molar-refractivity contribution in [2.75, 3.05) is 37.3 Å². The van der Waals surface area contributed by atoms with Crippen LogP contribution in [0.4, 0.5) is 5.69 Å². The highest BCUT2D eigenvalue weighted by molar-refractivity contribution is 7.88. The van der Waals surface area contributed by atoms with Gasteiger partial charge in [-0.05, 0) is 12.1 Å². The molecule has 7 heteroatoms. The summed E-state index contributed by atoms with van der Waals surface area (Å²) in [5, 5.41) is 7.58. The van der Waals surface area contributed by atoms with E-state index in [1.165, 1.54) is 10.6 Å². The SMILES string of the molecule is CS(=O)(=O)N1CCN(c2ccccc2C(=N)N)CC1. The van der Waals surface area contributed by atoms with E-state index in [0.29, 0.717) is 31.7 Å². The van der Waals surface area contributed by atoms with Gasteiger partial charge in [0.05, 0.1) is 6.26 Å². The number of sulfonamides is 1. The lowest BCUT2D eigenvalue weighted by molar-refractivity contribution is 0.388. The molecule has 1 aliphatic heterocycles. The Bertz CT molecular complexity index is 577. The average molecular weight is 282 g/mol. The Labute approximate surface area is 113 Å².